The minimum atomic E-state index is -1.29. The largest absolute Gasteiger partial charge is 0.478 e. The van der Waals surface area contributed by atoms with Gasteiger partial charge >= 0.3 is 5.97 Å². The van der Waals surface area contributed by atoms with E-state index in [2.05, 4.69) is 10.3 Å². The number of carbonyl (C=O) groups is 1. The molecule has 0 heterocycles. The third kappa shape index (κ3) is 3.46. The summed E-state index contributed by atoms with van der Waals surface area (Å²) in [6, 6.07) is 2.20. The van der Waals surface area contributed by atoms with Crippen molar-refractivity contribution in [3.8, 4) is 6.19 Å². The molecule has 0 saturated carbocycles. The van der Waals surface area contributed by atoms with Crippen LogP contribution in [-0.4, -0.2) is 27.4 Å². The fourth-order valence-electron chi connectivity index (χ4n) is 1.40. The number of nitrogens with one attached hydrogen (secondary N) is 1. The number of aliphatic imine (C=N–C) groups is 1. The van der Waals surface area contributed by atoms with Crippen molar-refractivity contribution in [3.05, 3.63) is 33.4 Å². The van der Waals surface area contributed by atoms with Crippen LogP contribution in [0.2, 0.25) is 0 Å². The first kappa shape index (κ1) is 15.5. The maximum Gasteiger partial charge on any atom is 0.336 e. The van der Waals surface area contributed by atoms with E-state index in [4.69, 9.17) is 10.4 Å². The van der Waals surface area contributed by atoms with Crippen LogP contribution >= 0.6 is 11.8 Å². The second-order valence-corrected chi connectivity index (χ2v) is 4.35. The van der Waals surface area contributed by atoms with Crippen molar-refractivity contribution in [2.75, 3.05) is 6.26 Å². The van der Waals surface area contributed by atoms with Gasteiger partial charge in [-0.05, 0) is 19.2 Å². The van der Waals surface area contributed by atoms with Gasteiger partial charge in [-0.25, -0.2) is 9.79 Å². The molecule has 0 spiro atoms. The van der Waals surface area contributed by atoms with Crippen LogP contribution in [0.15, 0.2) is 17.1 Å². The number of amidine groups is 1. The third-order valence-corrected chi connectivity index (χ3v) is 2.95. The van der Waals surface area contributed by atoms with Gasteiger partial charge in [0, 0.05) is 6.07 Å². The van der Waals surface area contributed by atoms with Gasteiger partial charge in [-0.15, -0.1) is 0 Å². The molecule has 20 heavy (non-hydrogen) atoms. The van der Waals surface area contributed by atoms with Crippen molar-refractivity contribution in [1.82, 2.24) is 5.32 Å². The van der Waals surface area contributed by atoms with Gasteiger partial charge in [0.25, 0.3) is 5.69 Å². The summed E-state index contributed by atoms with van der Waals surface area (Å²) in [5.74, 6) is -1.29. The van der Waals surface area contributed by atoms with E-state index in [1.165, 1.54) is 13.0 Å². The van der Waals surface area contributed by atoms with E-state index in [1.807, 2.05) is 0 Å². The minimum absolute atomic E-state index is 0.128. The number of rotatable bonds is 3. The van der Waals surface area contributed by atoms with Crippen LogP contribution in [0.5, 0.6) is 0 Å². The molecule has 9 heteroatoms. The first-order chi connectivity index (χ1) is 9.40. The number of benzene rings is 1. The molecular weight excluding hydrogens is 284 g/mol. The van der Waals surface area contributed by atoms with Crippen molar-refractivity contribution in [1.29, 1.82) is 5.26 Å². The van der Waals surface area contributed by atoms with Crippen LogP contribution in [0.4, 0.5) is 11.4 Å². The average Bonchev–Trinajstić information content (AvgIpc) is 2.39. The van der Waals surface area contributed by atoms with Gasteiger partial charge in [-0.2, -0.15) is 5.26 Å². The summed E-state index contributed by atoms with van der Waals surface area (Å²) >= 11 is 1.13. The zero-order valence-corrected chi connectivity index (χ0v) is 11.4. The highest BCUT2D eigenvalue weighted by atomic mass is 32.2. The van der Waals surface area contributed by atoms with Crippen LogP contribution in [0.3, 0.4) is 0 Å². The SMILES string of the molecule is CSC(=Nc1cc(C(=O)O)cc([N+](=O)[O-])c1C)NC#N. The number of carboxylic acids is 1. The zero-order chi connectivity index (χ0) is 15.3. The number of thioether (sulfide) groups is 1. The van der Waals surface area contributed by atoms with Crippen LogP contribution in [0, 0.1) is 28.5 Å². The molecule has 0 aromatic heterocycles. The maximum atomic E-state index is 11.0. The predicted octanol–water partition coefficient (Wildman–Crippen LogP) is 2.02. The molecule has 0 unspecified atom stereocenters. The van der Waals surface area contributed by atoms with Gasteiger partial charge in [-0.3, -0.25) is 15.4 Å². The number of hydrogen-bond acceptors (Lipinski definition) is 6. The van der Waals surface area contributed by atoms with Crippen molar-refractivity contribution < 1.29 is 14.8 Å². The average molecular weight is 294 g/mol. The lowest BCUT2D eigenvalue weighted by molar-refractivity contribution is -0.385. The second-order valence-electron chi connectivity index (χ2n) is 3.56. The Kier molecular flexibility index (Phi) is 5.05. The van der Waals surface area contributed by atoms with Gasteiger partial charge in [0.2, 0.25) is 0 Å². The molecule has 2 N–H and O–H groups in total. The Morgan fingerprint density at radius 1 is 1.60 bits per heavy atom. The molecule has 0 aliphatic rings. The smallest absolute Gasteiger partial charge is 0.336 e. The van der Waals surface area contributed by atoms with Crippen molar-refractivity contribution in [3.63, 3.8) is 0 Å². The van der Waals surface area contributed by atoms with E-state index in [9.17, 15) is 14.9 Å². The quantitative estimate of drug-likeness (QED) is 0.218. The van der Waals surface area contributed by atoms with Gasteiger partial charge in [0.15, 0.2) is 11.4 Å². The Bertz CT molecular complexity index is 636. The summed E-state index contributed by atoms with van der Waals surface area (Å²) < 4.78 is 0. The zero-order valence-electron chi connectivity index (χ0n) is 10.6. The number of aromatic carboxylic acids is 1. The first-order valence-electron chi connectivity index (χ1n) is 5.20. The monoisotopic (exact) mass is 294 g/mol. The highest BCUT2D eigenvalue weighted by molar-refractivity contribution is 8.13. The highest BCUT2D eigenvalue weighted by Gasteiger charge is 2.19. The normalized spacial score (nSPS) is 10.8. The van der Waals surface area contributed by atoms with Crippen molar-refractivity contribution >= 4 is 34.3 Å². The Morgan fingerprint density at radius 3 is 2.70 bits per heavy atom. The molecule has 104 valence electrons. The lowest BCUT2D eigenvalue weighted by atomic mass is 10.1. The van der Waals surface area contributed by atoms with E-state index in [0.717, 1.165) is 17.8 Å². The predicted molar refractivity (Wildman–Crippen MR) is 74.2 cm³/mol. The Hall–Kier alpha value is -2.60. The highest BCUT2D eigenvalue weighted by Crippen LogP contribution is 2.30. The van der Waals surface area contributed by atoms with E-state index < -0.39 is 10.9 Å². The number of nitro groups is 1. The molecule has 0 fully saturated rings. The molecular formula is C11H10N4O4S. The number of nitriles is 1. The molecule has 0 bridgehead atoms. The van der Waals surface area contributed by atoms with Crippen LogP contribution in [0.25, 0.3) is 0 Å². The number of hydrogen-bond donors (Lipinski definition) is 2. The Balaban J connectivity index is 3.49. The first-order valence-corrected chi connectivity index (χ1v) is 6.43. The van der Waals surface area contributed by atoms with Crippen LogP contribution < -0.4 is 5.32 Å². The van der Waals surface area contributed by atoms with E-state index in [-0.39, 0.29) is 27.7 Å². The molecule has 0 amide bonds. The Morgan fingerprint density at radius 2 is 2.25 bits per heavy atom. The summed E-state index contributed by atoms with van der Waals surface area (Å²) in [6.07, 6.45) is 3.34. The summed E-state index contributed by atoms with van der Waals surface area (Å²) in [6.45, 7) is 1.47. The third-order valence-electron chi connectivity index (χ3n) is 2.37. The molecule has 1 aromatic carbocycles. The van der Waals surface area contributed by atoms with E-state index >= 15 is 0 Å². The molecule has 0 saturated heterocycles. The van der Waals surface area contributed by atoms with Crippen LogP contribution in [0.1, 0.15) is 15.9 Å². The van der Waals surface area contributed by atoms with E-state index in [0.29, 0.717) is 0 Å². The number of nitrogens with zero attached hydrogens (tertiary/aromatic N) is 3. The summed E-state index contributed by atoms with van der Waals surface area (Å²) in [4.78, 5) is 25.3. The number of carboxylic acid groups (broad SMARTS) is 1. The van der Waals surface area contributed by atoms with E-state index in [1.54, 1.807) is 12.4 Å². The minimum Gasteiger partial charge on any atom is -0.478 e. The summed E-state index contributed by atoms with van der Waals surface area (Å²) in [7, 11) is 0. The van der Waals surface area contributed by atoms with Crippen molar-refractivity contribution in [2.24, 2.45) is 4.99 Å². The fourth-order valence-corrected chi connectivity index (χ4v) is 1.73. The van der Waals surface area contributed by atoms with Gasteiger partial charge < -0.3 is 5.11 Å². The molecule has 0 aliphatic heterocycles. The topological polar surface area (TPSA) is 129 Å². The molecule has 1 rings (SSSR count). The standard InChI is InChI=1S/C11H10N4O4S/c1-6-8(14-11(20-2)13-5-12)3-7(10(16)17)4-9(6)15(18)19/h3-4H,1-2H3,(H,13,14)(H,16,17). The summed E-state index contributed by atoms with van der Waals surface area (Å²) in [5.41, 5.74) is -0.213. The Labute approximate surface area is 118 Å². The van der Waals surface area contributed by atoms with Crippen molar-refractivity contribution in [2.45, 2.75) is 6.92 Å². The lowest BCUT2D eigenvalue weighted by Gasteiger charge is -2.06. The fraction of sp³-hybridized carbons (Fsp3) is 0.182. The molecule has 0 atom stereocenters. The van der Waals surface area contributed by atoms with Gasteiger partial charge in [-0.1, -0.05) is 11.8 Å². The maximum absolute atomic E-state index is 11.0. The molecule has 0 radical (unpaired) electrons. The van der Waals surface area contributed by atoms with Gasteiger partial charge in [0.05, 0.1) is 21.7 Å². The molecule has 0 aliphatic carbocycles. The molecule has 8 nitrogen and oxygen atoms in total. The van der Waals surface area contributed by atoms with Gasteiger partial charge in [0.1, 0.15) is 0 Å². The second kappa shape index (κ2) is 6.53. The lowest BCUT2D eigenvalue weighted by Crippen LogP contribution is -2.12. The number of nitro benzene ring substituents is 1. The summed E-state index contributed by atoms with van der Waals surface area (Å²) in [5, 5.41) is 30.9. The van der Waals surface area contributed by atoms with Crippen LogP contribution in [-0.2, 0) is 0 Å². The molecule has 1 aromatic rings.